The number of hydrogen-bond donors (Lipinski definition) is 0. The molecule has 0 radical (unpaired) electrons. The van der Waals surface area contributed by atoms with Gasteiger partial charge in [0.25, 0.3) is 5.91 Å². The van der Waals surface area contributed by atoms with E-state index in [2.05, 4.69) is 0 Å². The van der Waals surface area contributed by atoms with Crippen molar-refractivity contribution in [1.82, 2.24) is 4.90 Å². The van der Waals surface area contributed by atoms with Crippen LogP contribution in [0.5, 0.6) is 23.0 Å². The molecule has 1 atom stereocenters. The molecule has 3 aliphatic heterocycles. The van der Waals surface area contributed by atoms with Gasteiger partial charge < -0.3 is 28.6 Å². The second-order valence-electron chi connectivity index (χ2n) is 7.21. The Morgan fingerprint density at radius 2 is 1.97 bits per heavy atom. The highest BCUT2D eigenvalue weighted by Crippen LogP contribution is 2.35. The van der Waals surface area contributed by atoms with Crippen LogP contribution in [-0.4, -0.2) is 56.6 Å². The van der Waals surface area contributed by atoms with E-state index in [1.165, 1.54) is 0 Å². The Kier molecular flexibility index (Phi) is 5.14. The van der Waals surface area contributed by atoms with E-state index in [0.29, 0.717) is 54.1 Å². The summed E-state index contributed by atoms with van der Waals surface area (Å²) < 4.78 is 28.0. The second kappa shape index (κ2) is 8.08. The Morgan fingerprint density at radius 3 is 2.90 bits per heavy atom. The van der Waals surface area contributed by atoms with Gasteiger partial charge in [0.2, 0.25) is 6.79 Å². The van der Waals surface area contributed by atoms with Crippen LogP contribution in [0.2, 0.25) is 5.02 Å². The highest BCUT2D eigenvalue weighted by Gasteiger charge is 2.28. The lowest BCUT2D eigenvalue weighted by molar-refractivity contribution is -0.136. The average molecular weight is 430 g/mol. The van der Waals surface area contributed by atoms with E-state index < -0.39 is 0 Å². The van der Waals surface area contributed by atoms with Crippen LogP contribution in [0.4, 0.5) is 0 Å². The predicted molar refractivity (Wildman–Crippen MR) is 109 cm³/mol. The van der Waals surface area contributed by atoms with Crippen molar-refractivity contribution in [3.8, 4) is 23.0 Å². The monoisotopic (exact) mass is 429 g/mol. The van der Waals surface area contributed by atoms with E-state index in [1.54, 1.807) is 23.1 Å². The number of fused-ring (bicyclic) bond motifs is 2. The molecule has 1 saturated heterocycles. The Hall–Kier alpha value is -2.90. The van der Waals surface area contributed by atoms with Crippen LogP contribution in [-0.2, 0) is 9.53 Å². The molecule has 3 heterocycles. The molecule has 156 valence electrons. The molecule has 0 N–H and O–H groups in total. The van der Waals surface area contributed by atoms with Crippen molar-refractivity contribution in [2.75, 3.05) is 39.7 Å². The van der Waals surface area contributed by atoms with Gasteiger partial charge in [0, 0.05) is 23.2 Å². The highest BCUT2D eigenvalue weighted by atomic mass is 35.5. The van der Waals surface area contributed by atoms with Gasteiger partial charge in [-0.3, -0.25) is 4.79 Å². The number of benzene rings is 2. The molecule has 2 aromatic rings. The highest BCUT2D eigenvalue weighted by molar-refractivity contribution is 6.30. The van der Waals surface area contributed by atoms with Crippen molar-refractivity contribution in [2.24, 2.45) is 0 Å². The van der Waals surface area contributed by atoms with Gasteiger partial charge in [-0.25, -0.2) is 0 Å². The molecule has 1 fully saturated rings. The number of rotatable bonds is 4. The van der Waals surface area contributed by atoms with Gasteiger partial charge in [-0.1, -0.05) is 11.6 Å². The van der Waals surface area contributed by atoms with Crippen LogP contribution in [0.25, 0.3) is 6.08 Å². The number of ether oxygens (including phenoxy) is 5. The predicted octanol–water partition coefficient (Wildman–Crippen LogP) is 3.15. The average Bonchev–Trinajstić information content (AvgIpc) is 3.25. The standard InChI is InChI=1S/C22H20ClNO6/c23-16-1-3-19-14(8-16)7-15(11-28-19)22(25)24-5-6-26-18(10-24)12-27-17-2-4-20-21(9-17)30-13-29-20/h1-4,7-9,18H,5-6,10-13H2. The number of halogens is 1. The topological polar surface area (TPSA) is 66.5 Å². The minimum atomic E-state index is -0.222. The van der Waals surface area contributed by atoms with Crippen LogP contribution in [0.3, 0.4) is 0 Å². The van der Waals surface area contributed by atoms with Crippen molar-refractivity contribution < 1.29 is 28.5 Å². The van der Waals surface area contributed by atoms with E-state index in [0.717, 1.165) is 11.3 Å². The molecule has 0 aliphatic carbocycles. The maximum Gasteiger partial charge on any atom is 0.253 e. The number of carbonyl (C=O) groups is 1. The molecule has 1 amide bonds. The first-order valence-corrected chi connectivity index (χ1v) is 10.1. The number of hydrogen-bond acceptors (Lipinski definition) is 6. The molecule has 3 aliphatic rings. The first-order chi connectivity index (χ1) is 14.7. The summed E-state index contributed by atoms with van der Waals surface area (Å²) in [5, 5.41) is 0.606. The maximum atomic E-state index is 13.0. The molecule has 2 aromatic carbocycles. The largest absolute Gasteiger partial charge is 0.491 e. The van der Waals surface area contributed by atoms with Gasteiger partial charge in [0.1, 0.15) is 30.8 Å². The first kappa shape index (κ1) is 19.1. The van der Waals surface area contributed by atoms with Crippen molar-refractivity contribution in [2.45, 2.75) is 6.10 Å². The van der Waals surface area contributed by atoms with Crippen molar-refractivity contribution in [3.63, 3.8) is 0 Å². The summed E-state index contributed by atoms with van der Waals surface area (Å²) in [5.74, 6) is 2.71. The van der Waals surface area contributed by atoms with Gasteiger partial charge in [0.05, 0.1) is 18.7 Å². The number of morpholine rings is 1. The summed E-state index contributed by atoms with van der Waals surface area (Å²) in [7, 11) is 0. The molecule has 0 bridgehead atoms. The molecule has 0 spiro atoms. The zero-order valence-corrected chi connectivity index (χ0v) is 16.9. The maximum absolute atomic E-state index is 13.0. The summed E-state index contributed by atoms with van der Waals surface area (Å²) in [5.41, 5.74) is 1.41. The lowest BCUT2D eigenvalue weighted by Crippen LogP contribution is -2.48. The normalized spacial score (nSPS) is 19.6. The molecule has 0 aromatic heterocycles. The first-order valence-electron chi connectivity index (χ1n) is 9.72. The number of amides is 1. The second-order valence-corrected chi connectivity index (χ2v) is 7.65. The number of carbonyl (C=O) groups excluding carboxylic acids is 1. The van der Waals surface area contributed by atoms with Crippen LogP contribution in [0.1, 0.15) is 5.56 Å². The van der Waals surface area contributed by atoms with Crippen molar-refractivity contribution in [1.29, 1.82) is 0 Å². The van der Waals surface area contributed by atoms with E-state index in [1.807, 2.05) is 24.3 Å². The Labute approximate surface area is 178 Å². The SMILES string of the molecule is O=C(C1=Cc2cc(Cl)ccc2OC1)N1CCOC(COc2ccc3c(c2)OCO3)C1. The van der Waals surface area contributed by atoms with Gasteiger partial charge >= 0.3 is 0 Å². The zero-order valence-electron chi connectivity index (χ0n) is 16.1. The molecule has 8 heteroatoms. The van der Waals surface area contributed by atoms with Crippen molar-refractivity contribution in [3.05, 3.63) is 52.6 Å². The third-order valence-electron chi connectivity index (χ3n) is 5.17. The Bertz CT molecular complexity index is 1010. The van der Waals surface area contributed by atoms with Crippen LogP contribution in [0.15, 0.2) is 42.0 Å². The molecule has 0 saturated carbocycles. The van der Waals surface area contributed by atoms with Crippen LogP contribution in [0, 0.1) is 0 Å². The van der Waals surface area contributed by atoms with E-state index in [4.69, 9.17) is 35.3 Å². The fourth-order valence-electron chi connectivity index (χ4n) is 3.64. The fourth-order valence-corrected chi connectivity index (χ4v) is 3.82. The van der Waals surface area contributed by atoms with E-state index >= 15 is 0 Å². The Morgan fingerprint density at radius 1 is 1.10 bits per heavy atom. The minimum absolute atomic E-state index is 0.0583. The van der Waals surface area contributed by atoms with E-state index in [-0.39, 0.29) is 25.4 Å². The van der Waals surface area contributed by atoms with Crippen molar-refractivity contribution >= 4 is 23.6 Å². The summed E-state index contributed by atoms with van der Waals surface area (Å²) in [6.07, 6.45) is 1.63. The molecule has 7 nitrogen and oxygen atoms in total. The number of nitrogens with zero attached hydrogens (tertiary/aromatic N) is 1. The van der Waals surface area contributed by atoms with Gasteiger partial charge in [0.15, 0.2) is 11.5 Å². The Balaban J connectivity index is 1.21. The zero-order chi connectivity index (χ0) is 20.5. The lowest BCUT2D eigenvalue weighted by Gasteiger charge is -2.34. The summed E-state index contributed by atoms with van der Waals surface area (Å²) in [4.78, 5) is 14.8. The lowest BCUT2D eigenvalue weighted by atomic mass is 10.1. The molecule has 30 heavy (non-hydrogen) atoms. The molecule has 5 rings (SSSR count). The molecule has 1 unspecified atom stereocenters. The van der Waals surface area contributed by atoms with Gasteiger partial charge in [-0.2, -0.15) is 0 Å². The van der Waals surface area contributed by atoms with Crippen LogP contribution < -0.4 is 18.9 Å². The van der Waals surface area contributed by atoms with Crippen LogP contribution >= 0.6 is 11.6 Å². The third-order valence-corrected chi connectivity index (χ3v) is 5.40. The quantitative estimate of drug-likeness (QED) is 0.743. The van der Waals surface area contributed by atoms with E-state index in [9.17, 15) is 4.79 Å². The molecular formula is C22H20ClNO6. The van der Waals surface area contributed by atoms with Gasteiger partial charge in [-0.15, -0.1) is 0 Å². The summed E-state index contributed by atoms with van der Waals surface area (Å²) in [6.45, 7) is 2.22. The summed E-state index contributed by atoms with van der Waals surface area (Å²) in [6, 6.07) is 10.8. The van der Waals surface area contributed by atoms with Gasteiger partial charge in [-0.05, 0) is 36.4 Å². The third kappa shape index (κ3) is 3.91. The molecular weight excluding hydrogens is 410 g/mol. The fraction of sp³-hybridized carbons (Fsp3) is 0.318. The summed E-state index contributed by atoms with van der Waals surface area (Å²) >= 11 is 6.06. The smallest absolute Gasteiger partial charge is 0.253 e. The minimum Gasteiger partial charge on any atom is -0.491 e.